The van der Waals surface area contributed by atoms with E-state index in [0.29, 0.717) is 0 Å². The van der Waals surface area contributed by atoms with Crippen LogP contribution in [0.5, 0.6) is 0 Å². The molecule has 0 spiro atoms. The lowest BCUT2D eigenvalue weighted by Gasteiger charge is -2.38. The number of hydrogen-bond acceptors (Lipinski definition) is 0. The summed E-state index contributed by atoms with van der Waals surface area (Å²) in [5.41, 5.74) is 1.55. The molecule has 2 saturated carbocycles. The minimum Gasteiger partial charge on any atom is -0.0654 e. The summed E-state index contributed by atoms with van der Waals surface area (Å²) in [6, 6.07) is 11.1. The Balaban J connectivity index is 1.40. The molecule has 2 aliphatic rings. The smallest absolute Gasteiger partial charge is 0.0250 e. The topological polar surface area (TPSA) is 0 Å². The van der Waals surface area contributed by atoms with Crippen LogP contribution in [-0.4, -0.2) is 0 Å². The Morgan fingerprint density at radius 2 is 1.27 bits per heavy atom. The largest absolute Gasteiger partial charge is 0.0654 e. The molecule has 1 aromatic carbocycles. The summed E-state index contributed by atoms with van der Waals surface area (Å²) in [7, 11) is 0. The Labute approximate surface area is 137 Å². The highest BCUT2D eigenvalue weighted by Gasteiger charge is 2.30. The van der Waals surface area contributed by atoms with Crippen molar-refractivity contribution in [1.29, 1.82) is 0 Å². The van der Waals surface area contributed by atoms with Crippen molar-refractivity contribution >= 4 is 0 Å². The standard InChI is InChI=1S/C22H34/c1-2-6-18-9-13-21(14-10-18)22-15-11-20(12-16-22)17-19-7-4-3-5-8-19/h3-5,7-8,18,20-22H,2,6,9-17H2,1H3/t18-,20-,21-,22-. The molecule has 3 rings (SSSR count). The quantitative estimate of drug-likeness (QED) is 0.571. The van der Waals surface area contributed by atoms with Crippen molar-refractivity contribution in [2.75, 3.05) is 0 Å². The molecule has 2 fully saturated rings. The molecule has 0 heterocycles. The van der Waals surface area contributed by atoms with Gasteiger partial charge in [0.15, 0.2) is 0 Å². The van der Waals surface area contributed by atoms with Crippen LogP contribution in [0.1, 0.15) is 76.7 Å². The fourth-order valence-corrected chi connectivity index (χ4v) is 5.17. The minimum atomic E-state index is 0.954. The van der Waals surface area contributed by atoms with Gasteiger partial charge in [-0.3, -0.25) is 0 Å². The van der Waals surface area contributed by atoms with Gasteiger partial charge < -0.3 is 0 Å². The van der Waals surface area contributed by atoms with Crippen molar-refractivity contribution in [2.24, 2.45) is 23.7 Å². The number of benzene rings is 1. The van der Waals surface area contributed by atoms with E-state index >= 15 is 0 Å². The number of rotatable bonds is 5. The molecule has 0 unspecified atom stereocenters. The zero-order chi connectivity index (χ0) is 15.2. The minimum absolute atomic E-state index is 0.954. The van der Waals surface area contributed by atoms with E-state index in [4.69, 9.17) is 0 Å². The van der Waals surface area contributed by atoms with Crippen LogP contribution in [0.3, 0.4) is 0 Å². The summed E-state index contributed by atoms with van der Waals surface area (Å²) in [4.78, 5) is 0. The summed E-state index contributed by atoms with van der Waals surface area (Å²) in [6.07, 6.45) is 16.3. The molecule has 0 aromatic heterocycles. The Morgan fingerprint density at radius 1 is 0.727 bits per heavy atom. The maximum absolute atomic E-state index is 2.35. The van der Waals surface area contributed by atoms with Crippen molar-refractivity contribution in [3.05, 3.63) is 35.9 Å². The van der Waals surface area contributed by atoms with Crippen LogP contribution >= 0.6 is 0 Å². The van der Waals surface area contributed by atoms with Crippen molar-refractivity contribution in [3.63, 3.8) is 0 Å². The van der Waals surface area contributed by atoms with Crippen LogP contribution in [0.25, 0.3) is 0 Å². The Bertz CT molecular complexity index is 405. The van der Waals surface area contributed by atoms with Gasteiger partial charge in [-0.1, -0.05) is 62.9 Å². The van der Waals surface area contributed by atoms with E-state index in [2.05, 4.69) is 37.3 Å². The van der Waals surface area contributed by atoms with Gasteiger partial charge in [0.25, 0.3) is 0 Å². The fourth-order valence-electron chi connectivity index (χ4n) is 5.17. The zero-order valence-corrected chi connectivity index (χ0v) is 14.5. The Morgan fingerprint density at radius 3 is 1.82 bits per heavy atom. The van der Waals surface area contributed by atoms with Gasteiger partial charge in [-0.25, -0.2) is 0 Å². The molecule has 0 aliphatic heterocycles. The zero-order valence-electron chi connectivity index (χ0n) is 14.5. The van der Waals surface area contributed by atoms with Gasteiger partial charge in [0.1, 0.15) is 0 Å². The predicted molar refractivity (Wildman–Crippen MR) is 96.0 cm³/mol. The second kappa shape index (κ2) is 8.18. The van der Waals surface area contributed by atoms with Gasteiger partial charge >= 0.3 is 0 Å². The van der Waals surface area contributed by atoms with Gasteiger partial charge in [-0.15, -0.1) is 0 Å². The van der Waals surface area contributed by atoms with Crippen LogP contribution in [0.15, 0.2) is 30.3 Å². The average Bonchev–Trinajstić information content (AvgIpc) is 2.58. The second-order valence-corrected chi connectivity index (χ2v) is 8.04. The molecule has 0 bridgehead atoms. The first-order chi connectivity index (χ1) is 10.8. The second-order valence-electron chi connectivity index (χ2n) is 8.04. The van der Waals surface area contributed by atoms with E-state index < -0.39 is 0 Å². The van der Waals surface area contributed by atoms with Gasteiger partial charge in [-0.2, -0.15) is 0 Å². The lowest BCUT2D eigenvalue weighted by atomic mass is 9.68. The summed E-state index contributed by atoms with van der Waals surface area (Å²) in [6.45, 7) is 2.35. The molecule has 2 aliphatic carbocycles. The summed E-state index contributed by atoms with van der Waals surface area (Å²) >= 11 is 0. The summed E-state index contributed by atoms with van der Waals surface area (Å²) in [5, 5.41) is 0. The van der Waals surface area contributed by atoms with Crippen molar-refractivity contribution in [1.82, 2.24) is 0 Å². The van der Waals surface area contributed by atoms with Crippen molar-refractivity contribution in [2.45, 2.75) is 77.6 Å². The molecule has 122 valence electrons. The van der Waals surface area contributed by atoms with Gasteiger partial charge in [0, 0.05) is 0 Å². The summed E-state index contributed by atoms with van der Waals surface area (Å²) < 4.78 is 0. The molecule has 0 amide bonds. The third-order valence-corrected chi connectivity index (χ3v) is 6.51. The van der Waals surface area contributed by atoms with Gasteiger partial charge in [0.2, 0.25) is 0 Å². The maximum atomic E-state index is 2.35. The molecule has 0 nitrogen and oxygen atoms in total. The third kappa shape index (κ3) is 4.37. The van der Waals surface area contributed by atoms with E-state index in [1.54, 1.807) is 18.4 Å². The Hall–Kier alpha value is -0.780. The molecular weight excluding hydrogens is 264 g/mol. The summed E-state index contributed by atoms with van der Waals surface area (Å²) in [5.74, 6) is 4.16. The first kappa shape index (κ1) is 16.1. The first-order valence-corrected chi connectivity index (χ1v) is 9.89. The normalized spacial score (nSPS) is 32.8. The monoisotopic (exact) mass is 298 g/mol. The lowest BCUT2D eigenvalue weighted by Crippen LogP contribution is -2.26. The highest BCUT2D eigenvalue weighted by atomic mass is 14.4. The molecule has 0 N–H and O–H groups in total. The van der Waals surface area contributed by atoms with E-state index in [9.17, 15) is 0 Å². The van der Waals surface area contributed by atoms with Crippen molar-refractivity contribution in [3.8, 4) is 0 Å². The Kier molecular flexibility index (Phi) is 5.98. The maximum Gasteiger partial charge on any atom is -0.0250 e. The molecular formula is C22H34. The average molecular weight is 299 g/mol. The van der Waals surface area contributed by atoms with Gasteiger partial charge in [-0.05, 0) is 74.2 Å². The SMILES string of the molecule is CCC[C@H]1CC[C@H]([C@H]2CC[C@H](Cc3ccccc3)CC2)CC1. The molecule has 0 radical (unpaired) electrons. The third-order valence-electron chi connectivity index (χ3n) is 6.51. The van der Waals surface area contributed by atoms with E-state index in [0.717, 1.165) is 23.7 Å². The number of hydrogen-bond donors (Lipinski definition) is 0. The first-order valence-electron chi connectivity index (χ1n) is 9.89. The van der Waals surface area contributed by atoms with Gasteiger partial charge in [0.05, 0.1) is 0 Å². The van der Waals surface area contributed by atoms with E-state index in [-0.39, 0.29) is 0 Å². The highest BCUT2D eigenvalue weighted by molar-refractivity contribution is 5.15. The fraction of sp³-hybridized carbons (Fsp3) is 0.727. The molecule has 0 atom stereocenters. The van der Waals surface area contributed by atoms with Crippen LogP contribution in [0.2, 0.25) is 0 Å². The molecule has 0 heteroatoms. The lowest BCUT2D eigenvalue weighted by molar-refractivity contribution is 0.143. The van der Waals surface area contributed by atoms with Crippen LogP contribution < -0.4 is 0 Å². The molecule has 0 saturated heterocycles. The molecule has 22 heavy (non-hydrogen) atoms. The molecule has 1 aromatic rings. The van der Waals surface area contributed by atoms with Crippen molar-refractivity contribution < 1.29 is 0 Å². The van der Waals surface area contributed by atoms with Crippen LogP contribution in [-0.2, 0) is 6.42 Å². The van der Waals surface area contributed by atoms with E-state index in [1.807, 2.05) is 0 Å². The predicted octanol–water partition coefficient (Wildman–Crippen LogP) is 6.64. The van der Waals surface area contributed by atoms with E-state index in [1.165, 1.54) is 57.8 Å². The highest BCUT2D eigenvalue weighted by Crippen LogP contribution is 2.42. The van der Waals surface area contributed by atoms with Crippen LogP contribution in [0.4, 0.5) is 0 Å². The van der Waals surface area contributed by atoms with Crippen LogP contribution in [0, 0.1) is 23.7 Å².